The normalized spacial score (nSPS) is 11.9. The molecule has 42 heavy (non-hydrogen) atoms. The Morgan fingerprint density at radius 2 is 1.57 bits per heavy atom. The molecule has 0 amide bonds. The molecule has 0 aliphatic carbocycles. The Morgan fingerprint density at radius 1 is 0.905 bits per heavy atom. The lowest BCUT2D eigenvalue weighted by atomic mass is 10.0. The molecule has 0 saturated carbocycles. The van der Waals surface area contributed by atoms with Gasteiger partial charge >= 0.3 is 0 Å². The van der Waals surface area contributed by atoms with Gasteiger partial charge in [0.2, 0.25) is 0 Å². The Morgan fingerprint density at radius 3 is 2.17 bits per heavy atom. The SMILES string of the molecule is C=Cc1ccc(NC(=C)c2cccc(/C(=C/C/C=C\C)N=C(Cc3ccc(N(CCC)CCC)cc3)C(=C)C)c2)cc1. The van der Waals surface area contributed by atoms with Crippen molar-refractivity contribution >= 4 is 34.6 Å². The van der Waals surface area contributed by atoms with E-state index in [-0.39, 0.29) is 0 Å². The summed E-state index contributed by atoms with van der Waals surface area (Å²) in [5.41, 5.74) is 10.4. The fourth-order valence-corrected chi connectivity index (χ4v) is 4.72. The van der Waals surface area contributed by atoms with Crippen molar-refractivity contribution in [1.82, 2.24) is 0 Å². The summed E-state index contributed by atoms with van der Waals surface area (Å²) in [6.45, 7) is 23.1. The van der Waals surface area contributed by atoms with Crippen LogP contribution in [0.15, 0.2) is 121 Å². The van der Waals surface area contributed by atoms with Crippen LogP contribution in [0.3, 0.4) is 0 Å². The number of anilines is 2. The van der Waals surface area contributed by atoms with E-state index in [1.807, 2.05) is 44.2 Å². The van der Waals surface area contributed by atoms with Crippen molar-refractivity contribution in [2.75, 3.05) is 23.3 Å². The van der Waals surface area contributed by atoms with Gasteiger partial charge in [0, 0.05) is 47.9 Å². The maximum atomic E-state index is 5.21. The van der Waals surface area contributed by atoms with E-state index in [1.54, 1.807) is 0 Å². The summed E-state index contributed by atoms with van der Waals surface area (Å²) in [6.07, 6.45) is 12.1. The lowest BCUT2D eigenvalue weighted by Gasteiger charge is -2.24. The molecular weight excluding hydrogens is 510 g/mol. The molecule has 3 nitrogen and oxygen atoms in total. The van der Waals surface area contributed by atoms with E-state index in [2.05, 4.69) is 111 Å². The van der Waals surface area contributed by atoms with E-state index >= 15 is 0 Å². The van der Waals surface area contributed by atoms with Crippen LogP contribution in [0, 0.1) is 0 Å². The number of rotatable bonds is 16. The van der Waals surface area contributed by atoms with Gasteiger partial charge in [-0.3, -0.25) is 4.99 Å². The monoisotopic (exact) mass is 557 g/mol. The number of aliphatic imine (C=N–C) groups is 1. The molecule has 218 valence electrons. The quantitative estimate of drug-likeness (QED) is 0.140. The summed E-state index contributed by atoms with van der Waals surface area (Å²) in [5.74, 6) is 0. The van der Waals surface area contributed by atoms with Gasteiger partial charge in [0.15, 0.2) is 0 Å². The molecule has 0 bridgehead atoms. The number of hydrogen-bond donors (Lipinski definition) is 1. The topological polar surface area (TPSA) is 27.6 Å². The highest BCUT2D eigenvalue weighted by Crippen LogP contribution is 2.25. The van der Waals surface area contributed by atoms with E-state index in [1.165, 1.54) is 11.3 Å². The van der Waals surface area contributed by atoms with Crippen LogP contribution in [0.25, 0.3) is 17.5 Å². The van der Waals surface area contributed by atoms with E-state index < -0.39 is 0 Å². The number of allylic oxidation sites excluding steroid dienone is 4. The Hall–Kier alpha value is -4.37. The van der Waals surface area contributed by atoms with Crippen molar-refractivity contribution < 1.29 is 0 Å². The van der Waals surface area contributed by atoms with Crippen molar-refractivity contribution in [2.24, 2.45) is 4.99 Å². The Labute approximate surface area is 254 Å². The van der Waals surface area contributed by atoms with Crippen LogP contribution in [0.4, 0.5) is 11.4 Å². The molecule has 1 N–H and O–H groups in total. The van der Waals surface area contributed by atoms with Crippen molar-refractivity contribution in [3.8, 4) is 0 Å². The largest absolute Gasteiger partial charge is 0.372 e. The highest BCUT2D eigenvalue weighted by molar-refractivity contribution is 6.03. The molecule has 0 atom stereocenters. The molecule has 0 saturated heterocycles. The van der Waals surface area contributed by atoms with Gasteiger partial charge < -0.3 is 10.2 Å². The van der Waals surface area contributed by atoms with Gasteiger partial charge in [-0.05, 0) is 85.7 Å². The maximum Gasteiger partial charge on any atom is 0.0669 e. The van der Waals surface area contributed by atoms with Crippen LogP contribution < -0.4 is 10.2 Å². The van der Waals surface area contributed by atoms with E-state index in [0.29, 0.717) is 0 Å². The first kappa shape index (κ1) is 32.1. The average molecular weight is 558 g/mol. The minimum Gasteiger partial charge on any atom is -0.372 e. The standard InChI is InChI=1S/C39H47N3/c1-8-12-13-17-38(35-16-14-15-34(29-35)31(7)40-36-22-18-32(11-4)19-23-36)41-39(30(5)6)28-33-20-24-37(25-21-33)42(26-9-2)27-10-3/h8,11-12,14-25,29,40H,4-5,7,9-10,13,26-28H2,1-3,6H3/b12-8-,38-17-,41-39?. The molecular formula is C39H47N3. The Kier molecular flexibility index (Phi) is 12.9. The van der Waals surface area contributed by atoms with Crippen LogP contribution in [0.1, 0.15) is 69.2 Å². The molecule has 0 radical (unpaired) electrons. The molecule has 0 heterocycles. The lowest BCUT2D eigenvalue weighted by molar-refractivity contribution is 0.745. The molecule has 0 unspecified atom stereocenters. The zero-order valence-electron chi connectivity index (χ0n) is 26.0. The third-order valence-corrected chi connectivity index (χ3v) is 7.04. The Balaban J connectivity index is 1.88. The summed E-state index contributed by atoms with van der Waals surface area (Å²) in [6, 6.07) is 25.5. The molecule has 3 heteroatoms. The number of hydrogen-bond acceptors (Lipinski definition) is 3. The minimum atomic E-state index is 0.729. The summed E-state index contributed by atoms with van der Waals surface area (Å²) < 4.78 is 0. The molecule has 0 aliphatic heterocycles. The van der Waals surface area contributed by atoms with Crippen LogP contribution in [0.2, 0.25) is 0 Å². The van der Waals surface area contributed by atoms with Gasteiger partial charge in [0.25, 0.3) is 0 Å². The van der Waals surface area contributed by atoms with E-state index in [4.69, 9.17) is 4.99 Å². The summed E-state index contributed by atoms with van der Waals surface area (Å²) >= 11 is 0. The third-order valence-electron chi connectivity index (χ3n) is 7.04. The van der Waals surface area contributed by atoms with Gasteiger partial charge in [0.1, 0.15) is 0 Å². The van der Waals surface area contributed by atoms with Gasteiger partial charge in [0.05, 0.1) is 5.70 Å². The smallest absolute Gasteiger partial charge is 0.0669 e. The second-order valence-electron chi connectivity index (χ2n) is 10.6. The average Bonchev–Trinajstić information content (AvgIpc) is 3.00. The highest BCUT2D eigenvalue weighted by atomic mass is 15.1. The fourth-order valence-electron chi connectivity index (χ4n) is 4.72. The van der Waals surface area contributed by atoms with Gasteiger partial charge in [-0.15, -0.1) is 0 Å². The summed E-state index contributed by atoms with van der Waals surface area (Å²) in [4.78, 5) is 7.67. The zero-order chi connectivity index (χ0) is 30.3. The van der Waals surface area contributed by atoms with Crippen molar-refractivity contribution in [3.05, 3.63) is 139 Å². The first-order valence-corrected chi connectivity index (χ1v) is 15.1. The van der Waals surface area contributed by atoms with Gasteiger partial charge in [-0.25, -0.2) is 0 Å². The molecule has 0 aliphatic rings. The zero-order valence-corrected chi connectivity index (χ0v) is 26.0. The van der Waals surface area contributed by atoms with E-state index in [0.717, 1.165) is 83.8 Å². The van der Waals surface area contributed by atoms with E-state index in [9.17, 15) is 0 Å². The van der Waals surface area contributed by atoms with Crippen LogP contribution in [0.5, 0.6) is 0 Å². The molecule has 0 aromatic heterocycles. The molecule has 0 fully saturated rings. The first-order valence-electron chi connectivity index (χ1n) is 15.1. The molecule has 3 rings (SSSR count). The predicted molar refractivity (Wildman–Crippen MR) is 188 cm³/mol. The van der Waals surface area contributed by atoms with Crippen LogP contribution in [-0.4, -0.2) is 18.8 Å². The number of nitrogens with one attached hydrogen (secondary N) is 1. The van der Waals surface area contributed by atoms with Gasteiger partial charge in [-0.2, -0.15) is 0 Å². The second kappa shape index (κ2) is 16.8. The van der Waals surface area contributed by atoms with Gasteiger partial charge in [-0.1, -0.05) is 100 Å². The first-order chi connectivity index (χ1) is 20.4. The fraction of sp³-hybridized carbons (Fsp3) is 0.256. The molecule has 3 aromatic rings. The number of nitrogens with zero attached hydrogens (tertiary/aromatic N) is 2. The second-order valence-corrected chi connectivity index (χ2v) is 10.6. The van der Waals surface area contributed by atoms with Crippen LogP contribution in [-0.2, 0) is 6.42 Å². The van der Waals surface area contributed by atoms with Crippen molar-refractivity contribution in [1.29, 1.82) is 0 Å². The van der Waals surface area contributed by atoms with Crippen LogP contribution >= 0.6 is 0 Å². The lowest BCUT2D eigenvalue weighted by Crippen LogP contribution is -2.24. The van der Waals surface area contributed by atoms with Crippen molar-refractivity contribution in [3.63, 3.8) is 0 Å². The summed E-state index contributed by atoms with van der Waals surface area (Å²) in [5, 5.41) is 3.43. The molecule has 0 spiro atoms. The Bertz CT molecular complexity index is 1410. The predicted octanol–water partition coefficient (Wildman–Crippen LogP) is 10.6. The highest BCUT2D eigenvalue weighted by Gasteiger charge is 2.10. The third kappa shape index (κ3) is 9.62. The number of benzene rings is 3. The minimum absolute atomic E-state index is 0.729. The van der Waals surface area contributed by atoms with Crippen molar-refractivity contribution in [2.45, 2.75) is 53.4 Å². The maximum absolute atomic E-state index is 5.21. The summed E-state index contributed by atoms with van der Waals surface area (Å²) in [7, 11) is 0. The molecule has 3 aromatic carbocycles.